The Labute approximate surface area is 171 Å². The van der Waals surface area contributed by atoms with Gasteiger partial charge in [-0.1, -0.05) is 29.8 Å². The fraction of sp³-hybridized carbons (Fsp3) is 0.333. The molecule has 0 aliphatic carbocycles. The van der Waals surface area contributed by atoms with E-state index in [1.54, 1.807) is 36.1 Å². The van der Waals surface area contributed by atoms with Crippen molar-refractivity contribution in [2.75, 3.05) is 22.3 Å². The normalized spacial score (nSPS) is 16.7. The van der Waals surface area contributed by atoms with Gasteiger partial charge in [-0.25, -0.2) is 8.42 Å². The second kappa shape index (κ2) is 8.65. The first-order chi connectivity index (χ1) is 13.8. The van der Waals surface area contributed by atoms with Crippen molar-refractivity contribution in [1.82, 2.24) is 4.90 Å². The van der Waals surface area contributed by atoms with E-state index in [-0.39, 0.29) is 24.0 Å². The number of amides is 2. The molecule has 1 aliphatic heterocycles. The minimum absolute atomic E-state index is 0.0136. The van der Waals surface area contributed by atoms with E-state index < -0.39 is 15.9 Å². The first kappa shape index (κ1) is 20.9. The number of hydrogen-bond donors (Lipinski definition) is 2. The van der Waals surface area contributed by atoms with Gasteiger partial charge in [0, 0.05) is 30.9 Å². The molecule has 29 heavy (non-hydrogen) atoms. The Morgan fingerprint density at radius 1 is 1.07 bits per heavy atom. The van der Waals surface area contributed by atoms with Crippen molar-refractivity contribution in [2.45, 2.75) is 26.8 Å². The van der Waals surface area contributed by atoms with Crippen molar-refractivity contribution >= 4 is 33.2 Å². The van der Waals surface area contributed by atoms with E-state index in [9.17, 15) is 18.0 Å². The Kier molecular flexibility index (Phi) is 6.22. The van der Waals surface area contributed by atoms with Gasteiger partial charge in [0.15, 0.2) is 0 Å². The first-order valence-corrected chi connectivity index (χ1v) is 11.2. The van der Waals surface area contributed by atoms with Crippen molar-refractivity contribution in [2.24, 2.45) is 5.92 Å². The third-order valence-electron chi connectivity index (χ3n) is 4.89. The van der Waals surface area contributed by atoms with E-state index in [0.717, 1.165) is 11.1 Å². The zero-order valence-corrected chi connectivity index (χ0v) is 17.3. The number of carbonyl (C=O) groups is 2. The van der Waals surface area contributed by atoms with Crippen molar-refractivity contribution in [1.29, 1.82) is 0 Å². The van der Waals surface area contributed by atoms with E-state index in [2.05, 4.69) is 10.0 Å². The number of likely N-dealkylation sites (tertiary alicyclic amines) is 1. The molecule has 8 heteroatoms. The average molecular weight is 416 g/mol. The minimum atomic E-state index is -3.34. The number of rotatable bonds is 7. The third-order valence-corrected chi connectivity index (χ3v) is 6.19. The number of nitrogens with zero attached hydrogens (tertiary/aromatic N) is 1. The van der Waals surface area contributed by atoms with Gasteiger partial charge in [-0.3, -0.25) is 14.3 Å². The van der Waals surface area contributed by atoms with Crippen LogP contribution in [0, 0.1) is 12.8 Å². The quantitative estimate of drug-likeness (QED) is 0.727. The zero-order chi connectivity index (χ0) is 21.0. The summed E-state index contributed by atoms with van der Waals surface area (Å²) in [4.78, 5) is 26.6. The molecular weight excluding hydrogens is 390 g/mol. The van der Waals surface area contributed by atoms with Crippen LogP contribution in [0.15, 0.2) is 48.5 Å². The summed E-state index contributed by atoms with van der Waals surface area (Å²) >= 11 is 0. The highest BCUT2D eigenvalue weighted by molar-refractivity contribution is 7.92. The highest BCUT2D eigenvalue weighted by Crippen LogP contribution is 2.23. The van der Waals surface area contributed by atoms with E-state index in [4.69, 9.17) is 0 Å². The molecule has 0 aromatic heterocycles. The molecule has 0 radical (unpaired) electrons. The molecule has 2 amide bonds. The monoisotopic (exact) mass is 415 g/mol. The van der Waals surface area contributed by atoms with Crippen LogP contribution in [0.5, 0.6) is 0 Å². The molecule has 2 aromatic carbocycles. The van der Waals surface area contributed by atoms with Gasteiger partial charge in [0.1, 0.15) is 0 Å². The molecule has 1 saturated heterocycles. The van der Waals surface area contributed by atoms with E-state index in [0.29, 0.717) is 24.5 Å². The molecule has 0 spiro atoms. The number of benzene rings is 2. The van der Waals surface area contributed by atoms with Crippen LogP contribution in [0.2, 0.25) is 0 Å². The minimum Gasteiger partial charge on any atom is -0.338 e. The maximum Gasteiger partial charge on any atom is 0.232 e. The number of anilines is 2. The summed E-state index contributed by atoms with van der Waals surface area (Å²) < 4.78 is 25.6. The van der Waals surface area contributed by atoms with Gasteiger partial charge >= 0.3 is 0 Å². The Hall–Kier alpha value is -2.87. The van der Waals surface area contributed by atoms with Gasteiger partial charge in [-0.2, -0.15) is 0 Å². The van der Waals surface area contributed by atoms with Crippen LogP contribution in [0.1, 0.15) is 24.5 Å². The first-order valence-electron chi connectivity index (χ1n) is 9.50. The molecule has 2 aromatic rings. The fourth-order valence-corrected chi connectivity index (χ4v) is 3.77. The molecular formula is C21H25N3O4S. The Bertz CT molecular complexity index is 986. The molecule has 3 rings (SSSR count). The third kappa shape index (κ3) is 5.57. The molecule has 154 valence electrons. The lowest BCUT2D eigenvalue weighted by Gasteiger charge is -2.17. The van der Waals surface area contributed by atoms with Gasteiger partial charge < -0.3 is 10.2 Å². The van der Waals surface area contributed by atoms with Crippen LogP contribution in [0.25, 0.3) is 0 Å². The maximum absolute atomic E-state index is 12.6. The Balaban J connectivity index is 1.57. The molecule has 1 unspecified atom stereocenters. The predicted octanol–water partition coefficient (Wildman–Crippen LogP) is 2.74. The van der Waals surface area contributed by atoms with Gasteiger partial charge in [-0.05, 0) is 43.7 Å². The molecule has 1 heterocycles. The second-order valence-electron chi connectivity index (χ2n) is 7.23. The van der Waals surface area contributed by atoms with Crippen LogP contribution in [-0.2, 0) is 26.2 Å². The summed E-state index contributed by atoms with van der Waals surface area (Å²) in [6.07, 6.45) is 0.187. The van der Waals surface area contributed by atoms with E-state index in [1.807, 2.05) is 31.2 Å². The second-order valence-corrected chi connectivity index (χ2v) is 9.24. The fourth-order valence-electron chi connectivity index (χ4n) is 3.13. The molecule has 2 N–H and O–H groups in total. The van der Waals surface area contributed by atoms with Crippen molar-refractivity contribution < 1.29 is 18.0 Å². The summed E-state index contributed by atoms with van der Waals surface area (Å²) in [5.74, 6) is -0.673. The predicted molar refractivity (Wildman–Crippen MR) is 113 cm³/mol. The molecule has 1 aliphatic rings. The van der Waals surface area contributed by atoms with Crippen molar-refractivity contribution in [3.8, 4) is 0 Å². The van der Waals surface area contributed by atoms with Gasteiger partial charge in [-0.15, -0.1) is 0 Å². The van der Waals surface area contributed by atoms with Gasteiger partial charge in [0.05, 0.1) is 11.7 Å². The van der Waals surface area contributed by atoms with Gasteiger partial charge in [0.25, 0.3) is 0 Å². The molecule has 1 fully saturated rings. The van der Waals surface area contributed by atoms with Crippen LogP contribution >= 0.6 is 0 Å². The number of carbonyl (C=O) groups excluding carboxylic acids is 2. The van der Waals surface area contributed by atoms with Crippen LogP contribution in [0.3, 0.4) is 0 Å². The summed E-state index contributed by atoms with van der Waals surface area (Å²) in [6, 6.07) is 14.4. The lowest BCUT2D eigenvalue weighted by molar-refractivity contribution is -0.128. The van der Waals surface area contributed by atoms with Crippen molar-refractivity contribution in [3.05, 3.63) is 59.7 Å². The lowest BCUT2D eigenvalue weighted by Crippen LogP contribution is -2.28. The SMILES string of the molecule is CCS(=O)(=O)Nc1ccc(NC(=O)C2CC(=O)N(Cc3ccc(C)cc3)C2)cc1. The van der Waals surface area contributed by atoms with E-state index in [1.165, 1.54) is 0 Å². The topological polar surface area (TPSA) is 95.6 Å². The summed E-state index contributed by atoms with van der Waals surface area (Å²) in [6.45, 7) is 4.44. The number of sulfonamides is 1. The molecule has 7 nitrogen and oxygen atoms in total. The summed E-state index contributed by atoms with van der Waals surface area (Å²) in [5.41, 5.74) is 3.19. The van der Waals surface area contributed by atoms with Crippen LogP contribution in [0.4, 0.5) is 11.4 Å². The van der Waals surface area contributed by atoms with Crippen molar-refractivity contribution in [3.63, 3.8) is 0 Å². The molecule has 0 bridgehead atoms. The molecule has 0 saturated carbocycles. The highest BCUT2D eigenvalue weighted by atomic mass is 32.2. The smallest absolute Gasteiger partial charge is 0.232 e. The maximum atomic E-state index is 12.6. The number of hydrogen-bond acceptors (Lipinski definition) is 4. The summed E-state index contributed by atoms with van der Waals surface area (Å²) in [7, 11) is -3.34. The Morgan fingerprint density at radius 3 is 2.31 bits per heavy atom. The Morgan fingerprint density at radius 2 is 1.69 bits per heavy atom. The largest absolute Gasteiger partial charge is 0.338 e. The summed E-state index contributed by atoms with van der Waals surface area (Å²) in [5, 5.41) is 2.81. The van der Waals surface area contributed by atoms with Crippen LogP contribution in [-0.4, -0.2) is 37.4 Å². The highest BCUT2D eigenvalue weighted by Gasteiger charge is 2.34. The standard InChI is InChI=1S/C21H25N3O4S/c1-3-29(27,28)23-19-10-8-18(9-11-19)22-21(26)17-12-20(25)24(14-17)13-16-6-4-15(2)5-7-16/h4-11,17,23H,3,12-14H2,1-2H3,(H,22,26). The van der Waals surface area contributed by atoms with Gasteiger partial charge in [0.2, 0.25) is 21.8 Å². The van der Waals surface area contributed by atoms with E-state index >= 15 is 0 Å². The lowest BCUT2D eigenvalue weighted by atomic mass is 10.1. The van der Waals surface area contributed by atoms with Crippen LogP contribution < -0.4 is 10.0 Å². The number of aryl methyl sites for hydroxylation is 1. The average Bonchev–Trinajstić information content (AvgIpc) is 3.05. The molecule has 1 atom stereocenters. The zero-order valence-electron chi connectivity index (χ0n) is 16.5. The number of nitrogens with one attached hydrogen (secondary N) is 2.